The van der Waals surface area contributed by atoms with E-state index in [-0.39, 0.29) is 5.82 Å². The molecule has 0 bridgehead atoms. The molecule has 0 spiro atoms. The highest BCUT2D eigenvalue weighted by atomic mass is 19.1. The first kappa shape index (κ1) is 21.4. The Kier molecular flexibility index (Phi) is 8.12. The van der Waals surface area contributed by atoms with E-state index in [1.165, 1.54) is 5.56 Å². The number of benzene rings is 2. The van der Waals surface area contributed by atoms with Crippen LogP contribution in [-0.2, 0) is 11.2 Å². The van der Waals surface area contributed by atoms with Gasteiger partial charge in [-0.1, -0.05) is 43.7 Å². The molecule has 2 atom stereocenters. The third-order valence-corrected chi connectivity index (χ3v) is 5.32. The maximum Gasteiger partial charge on any atom is 0.165 e. The second kappa shape index (κ2) is 11.0. The van der Waals surface area contributed by atoms with E-state index in [1.54, 1.807) is 19.2 Å². The largest absolute Gasteiger partial charge is 0.491 e. The van der Waals surface area contributed by atoms with Gasteiger partial charge in [0, 0.05) is 18.9 Å². The Morgan fingerprint density at radius 3 is 2.45 bits per heavy atom. The van der Waals surface area contributed by atoms with Crippen LogP contribution in [-0.4, -0.2) is 26.9 Å². The molecule has 1 aliphatic carbocycles. The summed E-state index contributed by atoms with van der Waals surface area (Å²) >= 11 is 0. The van der Waals surface area contributed by atoms with E-state index in [0.29, 0.717) is 37.4 Å². The first-order valence-corrected chi connectivity index (χ1v) is 10.5. The summed E-state index contributed by atoms with van der Waals surface area (Å²) in [6.45, 7) is 3.75. The van der Waals surface area contributed by atoms with Gasteiger partial charge in [-0.3, -0.25) is 0 Å². The molecule has 1 aliphatic rings. The van der Waals surface area contributed by atoms with Crippen molar-refractivity contribution in [3.63, 3.8) is 0 Å². The van der Waals surface area contributed by atoms with Gasteiger partial charge in [-0.05, 0) is 54.7 Å². The van der Waals surface area contributed by atoms with Gasteiger partial charge in [0.05, 0.1) is 13.2 Å². The highest BCUT2D eigenvalue weighted by molar-refractivity contribution is 5.32. The first-order chi connectivity index (χ1) is 14.2. The molecular formula is C25H31FO3. The van der Waals surface area contributed by atoms with Gasteiger partial charge >= 0.3 is 0 Å². The molecule has 0 aromatic heterocycles. The molecule has 29 heavy (non-hydrogen) atoms. The lowest BCUT2D eigenvalue weighted by atomic mass is 9.85. The van der Waals surface area contributed by atoms with Crippen LogP contribution in [0.5, 0.6) is 11.5 Å². The van der Waals surface area contributed by atoms with Crippen molar-refractivity contribution in [2.75, 3.05) is 26.9 Å². The SMILES string of the molecule is CCCc1ccc(OCC2C=CC(c3ccc(OCCOC)cc3)CC2)c(F)c1. The van der Waals surface area contributed by atoms with Crippen LogP contribution >= 0.6 is 0 Å². The summed E-state index contributed by atoms with van der Waals surface area (Å²) in [4.78, 5) is 0. The van der Waals surface area contributed by atoms with Gasteiger partial charge in [0.1, 0.15) is 12.4 Å². The van der Waals surface area contributed by atoms with Crippen molar-refractivity contribution >= 4 is 0 Å². The van der Waals surface area contributed by atoms with E-state index < -0.39 is 0 Å². The van der Waals surface area contributed by atoms with E-state index in [0.717, 1.165) is 37.0 Å². The molecule has 2 unspecified atom stereocenters. The van der Waals surface area contributed by atoms with Crippen LogP contribution in [0.2, 0.25) is 0 Å². The van der Waals surface area contributed by atoms with Gasteiger partial charge < -0.3 is 14.2 Å². The zero-order valence-electron chi connectivity index (χ0n) is 17.4. The summed E-state index contributed by atoms with van der Waals surface area (Å²) in [6.07, 6.45) is 8.45. The predicted octanol–water partition coefficient (Wildman–Crippen LogP) is 5.93. The van der Waals surface area contributed by atoms with E-state index in [9.17, 15) is 4.39 Å². The molecule has 0 saturated carbocycles. The number of aryl methyl sites for hydroxylation is 1. The maximum atomic E-state index is 14.2. The number of allylic oxidation sites excluding steroid dienone is 1. The average Bonchev–Trinajstić information content (AvgIpc) is 2.75. The van der Waals surface area contributed by atoms with Crippen LogP contribution in [0.15, 0.2) is 54.6 Å². The third-order valence-electron chi connectivity index (χ3n) is 5.32. The Morgan fingerprint density at radius 1 is 0.966 bits per heavy atom. The third kappa shape index (κ3) is 6.33. The van der Waals surface area contributed by atoms with Gasteiger partial charge in [0.15, 0.2) is 11.6 Å². The lowest BCUT2D eigenvalue weighted by molar-refractivity contribution is 0.146. The number of methoxy groups -OCH3 is 1. The van der Waals surface area contributed by atoms with Crippen molar-refractivity contribution in [3.8, 4) is 11.5 Å². The molecule has 0 radical (unpaired) electrons. The number of hydrogen-bond donors (Lipinski definition) is 0. The minimum Gasteiger partial charge on any atom is -0.491 e. The molecule has 4 heteroatoms. The monoisotopic (exact) mass is 398 g/mol. The standard InChI is InChI=1S/C25H31FO3/c1-3-4-19-7-14-25(24(26)17-19)29-18-20-5-8-21(9-6-20)22-10-12-23(13-11-22)28-16-15-27-2/h5,7-8,10-14,17,20-21H,3-4,6,9,15-16,18H2,1-2H3. The van der Waals surface area contributed by atoms with Crippen LogP contribution in [0, 0.1) is 11.7 Å². The van der Waals surface area contributed by atoms with Crippen molar-refractivity contribution < 1.29 is 18.6 Å². The summed E-state index contributed by atoms with van der Waals surface area (Å²) < 4.78 is 30.6. The molecule has 156 valence electrons. The zero-order chi connectivity index (χ0) is 20.5. The smallest absolute Gasteiger partial charge is 0.165 e. The summed E-state index contributed by atoms with van der Waals surface area (Å²) in [5.41, 5.74) is 2.31. The predicted molar refractivity (Wildman–Crippen MR) is 114 cm³/mol. The van der Waals surface area contributed by atoms with Gasteiger partial charge in [-0.15, -0.1) is 0 Å². The quantitative estimate of drug-likeness (QED) is 0.367. The second-order valence-electron chi connectivity index (χ2n) is 7.56. The van der Waals surface area contributed by atoms with Crippen LogP contribution in [0.4, 0.5) is 4.39 Å². The minimum atomic E-state index is -0.263. The van der Waals surface area contributed by atoms with Gasteiger partial charge in [0.2, 0.25) is 0 Å². The Labute approximate surface area is 173 Å². The Morgan fingerprint density at radius 2 is 1.79 bits per heavy atom. The second-order valence-corrected chi connectivity index (χ2v) is 7.56. The zero-order valence-corrected chi connectivity index (χ0v) is 17.4. The Hall–Kier alpha value is -2.33. The fraction of sp³-hybridized carbons (Fsp3) is 0.440. The summed E-state index contributed by atoms with van der Waals surface area (Å²) in [7, 11) is 1.67. The van der Waals surface area contributed by atoms with Crippen LogP contribution < -0.4 is 9.47 Å². The number of ether oxygens (including phenoxy) is 3. The van der Waals surface area contributed by atoms with E-state index in [2.05, 4.69) is 31.2 Å². The summed E-state index contributed by atoms with van der Waals surface area (Å²) in [6, 6.07) is 13.6. The van der Waals surface area contributed by atoms with Crippen molar-refractivity contribution in [2.45, 2.75) is 38.5 Å². The molecule has 0 N–H and O–H groups in total. The van der Waals surface area contributed by atoms with E-state index in [1.807, 2.05) is 18.2 Å². The molecular weight excluding hydrogens is 367 g/mol. The lowest BCUT2D eigenvalue weighted by Crippen LogP contribution is -2.15. The molecule has 3 rings (SSSR count). The normalized spacial score (nSPS) is 18.6. The van der Waals surface area contributed by atoms with Crippen molar-refractivity contribution in [2.24, 2.45) is 5.92 Å². The first-order valence-electron chi connectivity index (χ1n) is 10.5. The van der Waals surface area contributed by atoms with Gasteiger partial charge in [-0.25, -0.2) is 4.39 Å². The molecule has 0 saturated heterocycles. The minimum absolute atomic E-state index is 0.263. The number of rotatable bonds is 10. The molecule has 2 aromatic carbocycles. The maximum absolute atomic E-state index is 14.2. The molecule has 3 nitrogen and oxygen atoms in total. The molecule has 0 amide bonds. The fourth-order valence-corrected chi connectivity index (χ4v) is 3.65. The van der Waals surface area contributed by atoms with Gasteiger partial charge in [-0.2, -0.15) is 0 Å². The summed E-state index contributed by atoms with van der Waals surface area (Å²) in [5, 5.41) is 0. The van der Waals surface area contributed by atoms with Crippen LogP contribution in [0.3, 0.4) is 0 Å². The van der Waals surface area contributed by atoms with E-state index >= 15 is 0 Å². The van der Waals surface area contributed by atoms with Crippen LogP contribution in [0.1, 0.15) is 43.2 Å². The van der Waals surface area contributed by atoms with Crippen molar-refractivity contribution in [1.29, 1.82) is 0 Å². The molecule has 2 aromatic rings. The Bertz CT molecular complexity index is 785. The lowest BCUT2D eigenvalue weighted by Gasteiger charge is -2.23. The number of hydrogen-bond acceptors (Lipinski definition) is 3. The molecule has 0 heterocycles. The topological polar surface area (TPSA) is 27.7 Å². The van der Waals surface area contributed by atoms with Gasteiger partial charge in [0.25, 0.3) is 0 Å². The summed E-state index contributed by atoms with van der Waals surface area (Å²) in [5.74, 6) is 1.68. The number of halogens is 1. The highest BCUT2D eigenvalue weighted by Gasteiger charge is 2.18. The fourth-order valence-electron chi connectivity index (χ4n) is 3.65. The Balaban J connectivity index is 1.49. The van der Waals surface area contributed by atoms with Crippen molar-refractivity contribution in [1.82, 2.24) is 0 Å². The average molecular weight is 399 g/mol. The van der Waals surface area contributed by atoms with E-state index in [4.69, 9.17) is 14.2 Å². The van der Waals surface area contributed by atoms with Crippen LogP contribution in [0.25, 0.3) is 0 Å². The highest BCUT2D eigenvalue weighted by Crippen LogP contribution is 2.32. The van der Waals surface area contributed by atoms with Crippen molar-refractivity contribution in [3.05, 3.63) is 71.6 Å². The molecule has 0 fully saturated rings. The molecule has 0 aliphatic heterocycles.